The zero-order valence-corrected chi connectivity index (χ0v) is 21.4. The van der Waals surface area contributed by atoms with Gasteiger partial charge in [-0.05, 0) is 40.8 Å². The standard InChI is InChI=1S/C29H21ClN2O2S2/c30-26-20-9-4-5-10-22(20)36-24(26)16-32-28(23-11-6-14-35-23)21-15-18(33)12-13-19(21)25-27(31-34-29(25)32)17-7-2-1-3-8-17/h1-15,25,28-29,33H,16H2/t25-,28-,29+/m0/s1. The van der Waals surface area contributed by atoms with E-state index in [1.165, 1.54) is 9.58 Å². The lowest BCUT2D eigenvalue weighted by atomic mass is 9.79. The Morgan fingerprint density at radius 1 is 0.944 bits per heavy atom. The molecule has 0 aliphatic carbocycles. The third-order valence-electron chi connectivity index (χ3n) is 7.01. The normalized spacial score (nSPS) is 21.1. The number of benzene rings is 3. The second-order valence-electron chi connectivity index (χ2n) is 9.06. The number of phenolic OH excluding ortho intramolecular Hbond substituents is 1. The number of thiophene rings is 2. The summed E-state index contributed by atoms with van der Waals surface area (Å²) in [5.41, 5.74) is 4.16. The van der Waals surface area contributed by atoms with Crippen molar-refractivity contribution in [2.45, 2.75) is 24.7 Å². The molecule has 3 aromatic carbocycles. The van der Waals surface area contributed by atoms with Crippen molar-refractivity contribution in [3.05, 3.63) is 122 Å². The molecule has 36 heavy (non-hydrogen) atoms. The van der Waals surface area contributed by atoms with Gasteiger partial charge in [-0.15, -0.1) is 22.7 Å². The second-order valence-corrected chi connectivity index (χ2v) is 11.5. The summed E-state index contributed by atoms with van der Waals surface area (Å²) >= 11 is 10.3. The van der Waals surface area contributed by atoms with Crippen LogP contribution in [0.25, 0.3) is 10.1 Å². The quantitative estimate of drug-likeness (QED) is 0.259. The van der Waals surface area contributed by atoms with E-state index in [0.717, 1.165) is 37.7 Å². The Morgan fingerprint density at radius 2 is 1.78 bits per heavy atom. The molecule has 4 heterocycles. The van der Waals surface area contributed by atoms with E-state index in [1.54, 1.807) is 28.7 Å². The number of aromatic hydroxyl groups is 1. The number of oxime groups is 1. The van der Waals surface area contributed by atoms with E-state index in [9.17, 15) is 5.11 Å². The van der Waals surface area contributed by atoms with Crippen LogP contribution in [0.2, 0.25) is 5.02 Å². The molecule has 0 fully saturated rings. The van der Waals surface area contributed by atoms with E-state index in [1.807, 2.05) is 42.5 Å². The van der Waals surface area contributed by atoms with Crippen LogP contribution in [-0.2, 0) is 11.4 Å². The summed E-state index contributed by atoms with van der Waals surface area (Å²) in [6, 6.07) is 28.3. The predicted octanol–water partition coefficient (Wildman–Crippen LogP) is 7.77. The average molecular weight is 529 g/mol. The molecule has 0 amide bonds. The maximum absolute atomic E-state index is 10.5. The van der Waals surface area contributed by atoms with Crippen LogP contribution in [0.5, 0.6) is 5.75 Å². The summed E-state index contributed by atoms with van der Waals surface area (Å²) in [6.45, 7) is 0.606. The van der Waals surface area contributed by atoms with Gasteiger partial charge in [-0.3, -0.25) is 0 Å². The van der Waals surface area contributed by atoms with Crippen LogP contribution in [0.4, 0.5) is 0 Å². The van der Waals surface area contributed by atoms with E-state index < -0.39 is 0 Å². The zero-order chi connectivity index (χ0) is 24.2. The summed E-state index contributed by atoms with van der Waals surface area (Å²) in [4.78, 5) is 10.9. The van der Waals surface area contributed by atoms with Gasteiger partial charge in [0.2, 0.25) is 0 Å². The van der Waals surface area contributed by atoms with E-state index in [4.69, 9.17) is 16.4 Å². The fourth-order valence-corrected chi connectivity index (χ4v) is 7.81. The van der Waals surface area contributed by atoms with Crippen LogP contribution < -0.4 is 0 Å². The van der Waals surface area contributed by atoms with Gasteiger partial charge in [0.15, 0.2) is 6.23 Å². The molecule has 0 unspecified atom stereocenters. The highest BCUT2D eigenvalue weighted by molar-refractivity contribution is 7.19. The highest BCUT2D eigenvalue weighted by Crippen LogP contribution is 2.50. The summed E-state index contributed by atoms with van der Waals surface area (Å²) < 4.78 is 1.17. The van der Waals surface area contributed by atoms with Gasteiger partial charge in [-0.1, -0.05) is 77.4 Å². The molecule has 4 nitrogen and oxygen atoms in total. The Labute approximate surface area is 221 Å². The Bertz CT molecular complexity index is 1600. The zero-order valence-electron chi connectivity index (χ0n) is 19.0. The lowest BCUT2D eigenvalue weighted by Crippen LogP contribution is -2.46. The van der Waals surface area contributed by atoms with E-state index in [-0.39, 0.29) is 23.9 Å². The molecule has 0 saturated carbocycles. The van der Waals surface area contributed by atoms with Gasteiger partial charge in [0.25, 0.3) is 0 Å². The molecule has 0 spiro atoms. The topological polar surface area (TPSA) is 45.1 Å². The average Bonchev–Trinajstić information content (AvgIpc) is 3.65. The van der Waals surface area contributed by atoms with Crippen LogP contribution in [0.1, 0.15) is 38.4 Å². The fraction of sp³-hybridized carbons (Fsp3) is 0.138. The Morgan fingerprint density at radius 3 is 2.58 bits per heavy atom. The van der Waals surface area contributed by atoms with Gasteiger partial charge >= 0.3 is 0 Å². The molecule has 2 aliphatic rings. The lowest BCUT2D eigenvalue weighted by molar-refractivity contribution is -0.0722. The van der Waals surface area contributed by atoms with Crippen molar-refractivity contribution in [1.82, 2.24) is 4.90 Å². The van der Waals surface area contributed by atoms with Gasteiger partial charge < -0.3 is 9.94 Å². The number of hydrogen-bond acceptors (Lipinski definition) is 6. The number of halogens is 1. The number of fused-ring (bicyclic) bond motifs is 4. The molecule has 5 aromatic rings. The first kappa shape index (κ1) is 22.1. The Kier molecular flexibility index (Phi) is 5.36. The molecule has 2 aromatic heterocycles. The first-order valence-corrected chi connectivity index (χ1v) is 13.8. The van der Waals surface area contributed by atoms with Crippen molar-refractivity contribution in [1.29, 1.82) is 0 Å². The second kappa shape index (κ2) is 8.75. The van der Waals surface area contributed by atoms with Crippen LogP contribution in [0, 0.1) is 0 Å². The summed E-state index contributed by atoms with van der Waals surface area (Å²) in [7, 11) is 0. The Balaban J connectivity index is 1.41. The smallest absolute Gasteiger partial charge is 0.195 e. The molecule has 1 N–H and O–H groups in total. The van der Waals surface area contributed by atoms with E-state index >= 15 is 0 Å². The number of phenols is 1. The molecule has 3 atom stereocenters. The molecular formula is C29H21ClN2O2S2. The number of rotatable bonds is 4. The minimum atomic E-state index is -0.300. The lowest BCUT2D eigenvalue weighted by Gasteiger charge is -2.42. The largest absolute Gasteiger partial charge is 0.508 e. The molecule has 178 valence electrons. The summed E-state index contributed by atoms with van der Waals surface area (Å²) in [5.74, 6) is 0.165. The number of hydrogen-bond donors (Lipinski definition) is 1. The molecule has 0 saturated heterocycles. The van der Waals surface area contributed by atoms with Crippen LogP contribution in [0.15, 0.2) is 95.5 Å². The van der Waals surface area contributed by atoms with Gasteiger partial charge in [-0.2, -0.15) is 0 Å². The van der Waals surface area contributed by atoms with Gasteiger partial charge in [0.1, 0.15) is 5.75 Å². The van der Waals surface area contributed by atoms with E-state index in [2.05, 4.69) is 51.8 Å². The third kappa shape index (κ3) is 3.48. The van der Waals surface area contributed by atoms with Gasteiger partial charge in [0.05, 0.1) is 22.7 Å². The highest BCUT2D eigenvalue weighted by atomic mass is 35.5. The third-order valence-corrected chi connectivity index (χ3v) is 9.63. The van der Waals surface area contributed by atoms with Crippen LogP contribution in [0.3, 0.4) is 0 Å². The molecular weight excluding hydrogens is 508 g/mol. The van der Waals surface area contributed by atoms with Crippen molar-refractivity contribution in [3.8, 4) is 5.75 Å². The monoisotopic (exact) mass is 528 g/mol. The fourth-order valence-electron chi connectivity index (χ4n) is 5.44. The van der Waals surface area contributed by atoms with E-state index in [0.29, 0.717) is 6.54 Å². The predicted molar refractivity (Wildman–Crippen MR) is 147 cm³/mol. The SMILES string of the molecule is Oc1ccc2c(c1)[C@@H](c1cccs1)N(Cc1sc3ccccc3c1Cl)[C@@H]1ON=C(c3ccccc3)[C@H]21. The van der Waals surface area contributed by atoms with Crippen molar-refractivity contribution in [2.75, 3.05) is 0 Å². The first-order valence-electron chi connectivity index (χ1n) is 11.8. The maximum Gasteiger partial charge on any atom is 0.195 e. The molecule has 0 bridgehead atoms. The van der Waals surface area contributed by atoms with Gasteiger partial charge in [0, 0.05) is 31.9 Å². The summed E-state index contributed by atoms with van der Waals surface area (Å²) in [6.07, 6.45) is -0.300. The minimum absolute atomic E-state index is 0.0904. The van der Waals surface area contributed by atoms with Crippen LogP contribution >= 0.6 is 34.3 Å². The summed E-state index contributed by atoms with van der Waals surface area (Å²) in [5, 5.41) is 19.1. The van der Waals surface area contributed by atoms with Crippen LogP contribution in [-0.4, -0.2) is 21.9 Å². The molecule has 7 rings (SSSR count). The Hall–Kier alpha value is -3.16. The number of nitrogens with zero attached hydrogens (tertiary/aromatic N) is 2. The first-order chi connectivity index (χ1) is 17.7. The van der Waals surface area contributed by atoms with Crippen molar-refractivity contribution in [2.24, 2.45) is 5.16 Å². The minimum Gasteiger partial charge on any atom is -0.508 e. The van der Waals surface area contributed by atoms with Crippen molar-refractivity contribution in [3.63, 3.8) is 0 Å². The van der Waals surface area contributed by atoms with Crippen molar-refractivity contribution < 1.29 is 9.94 Å². The van der Waals surface area contributed by atoms with Gasteiger partial charge in [-0.25, -0.2) is 4.90 Å². The molecule has 2 aliphatic heterocycles. The molecule has 0 radical (unpaired) electrons. The highest BCUT2D eigenvalue weighted by Gasteiger charge is 2.49. The molecule has 7 heteroatoms. The van der Waals surface area contributed by atoms with Crippen molar-refractivity contribution >= 4 is 50.1 Å². The maximum atomic E-state index is 10.5.